The maximum atomic E-state index is 13.0. The number of nitrogens with zero attached hydrogens (tertiary/aromatic N) is 3. The minimum atomic E-state index is -2.86. The molecule has 1 atom stereocenters. The molecule has 1 aliphatic heterocycles. The van der Waals surface area contributed by atoms with E-state index in [1.165, 1.54) is 12.3 Å². The molecule has 1 fully saturated rings. The van der Waals surface area contributed by atoms with Crippen molar-refractivity contribution < 1.29 is 23.1 Å². The van der Waals surface area contributed by atoms with Crippen molar-refractivity contribution in [3.8, 4) is 5.75 Å². The SMILES string of the molecule is CCc1cccc(CC(N)C2CCN(C(=O)c3ccnn3C(F)F)CC2)c1OC=O. The third kappa shape index (κ3) is 4.67. The first-order valence-corrected chi connectivity index (χ1v) is 10.0. The van der Waals surface area contributed by atoms with Crippen molar-refractivity contribution in [2.24, 2.45) is 11.7 Å². The summed E-state index contributed by atoms with van der Waals surface area (Å²) < 4.78 is 31.6. The van der Waals surface area contributed by atoms with Gasteiger partial charge in [-0.1, -0.05) is 25.1 Å². The van der Waals surface area contributed by atoms with E-state index in [9.17, 15) is 18.4 Å². The van der Waals surface area contributed by atoms with Gasteiger partial charge in [-0.05, 0) is 48.8 Å². The van der Waals surface area contributed by atoms with E-state index in [0.717, 1.165) is 17.5 Å². The van der Waals surface area contributed by atoms with Crippen molar-refractivity contribution in [2.75, 3.05) is 13.1 Å². The van der Waals surface area contributed by atoms with Crippen LogP contribution >= 0.6 is 0 Å². The Kier molecular flexibility index (Phi) is 7.15. The molecule has 162 valence electrons. The normalized spacial score (nSPS) is 16.0. The van der Waals surface area contributed by atoms with Crippen LogP contribution in [0, 0.1) is 5.92 Å². The van der Waals surface area contributed by atoms with Crippen LogP contribution in [0.1, 0.15) is 47.9 Å². The van der Waals surface area contributed by atoms with Crippen LogP contribution in [0.15, 0.2) is 30.5 Å². The number of likely N-dealkylation sites (tertiary alicyclic amines) is 1. The van der Waals surface area contributed by atoms with E-state index in [2.05, 4.69) is 5.10 Å². The lowest BCUT2D eigenvalue weighted by atomic mass is 9.86. The minimum absolute atomic E-state index is 0.111. The summed E-state index contributed by atoms with van der Waals surface area (Å²) in [7, 11) is 0. The van der Waals surface area contributed by atoms with E-state index < -0.39 is 12.5 Å². The number of alkyl halides is 2. The second-order valence-corrected chi connectivity index (χ2v) is 7.41. The summed E-state index contributed by atoms with van der Waals surface area (Å²) in [6, 6.07) is 6.88. The van der Waals surface area contributed by atoms with Crippen LogP contribution in [0.4, 0.5) is 8.78 Å². The van der Waals surface area contributed by atoms with Gasteiger partial charge in [0.2, 0.25) is 0 Å². The highest BCUT2D eigenvalue weighted by atomic mass is 19.3. The lowest BCUT2D eigenvalue weighted by Crippen LogP contribution is -2.44. The molecule has 0 aliphatic carbocycles. The Labute approximate surface area is 173 Å². The largest absolute Gasteiger partial charge is 0.428 e. The van der Waals surface area contributed by atoms with Gasteiger partial charge in [0, 0.05) is 25.3 Å². The molecule has 1 aliphatic rings. The lowest BCUT2D eigenvalue weighted by molar-refractivity contribution is -0.120. The molecule has 1 amide bonds. The Bertz CT molecular complexity index is 879. The maximum absolute atomic E-state index is 13.0. The molecule has 9 heteroatoms. The summed E-state index contributed by atoms with van der Waals surface area (Å²) in [4.78, 5) is 25.1. The van der Waals surface area contributed by atoms with Crippen molar-refractivity contribution in [3.05, 3.63) is 47.3 Å². The second kappa shape index (κ2) is 9.80. The van der Waals surface area contributed by atoms with Crippen LogP contribution < -0.4 is 10.5 Å². The van der Waals surface area contributed by atoms with Gasteiger partial charge in [-0.15, -0.1) is 0 Å². The summed E-state index contributed by atoms with van der Waals surface area (Å²) in [5, 5.41) is 3.52. The number of nitrogens with two attached hydrogens (primary N) is 1. The van der Waals surface area contributed by atoms with E-state index in [1.807, 2.05) is 25.1 Å². The molecule has 3 rings (SSSR count). The Hall–Kier alpha value is -2.81. The van der Waals surface area contributed by atoms with Crippen molar-refractivity contribution >= 4 is 12.4 Å². The highest BCUT2D eigenvalue weighted by Crippen LogP contribution is 2.29. The Morgan fingerprint density at radius 2 is 2.00 bits per heavy atom. The van der Waals surface area contributed by atoms with E-state index in [-0.39, 0.29) is 17.7 Å². The minimum Gasteiger partial charge on any atom is -0.428 e. The second-order valence-electron chi connectivity index (χ2n) is 7.41. The number of halogens is 2. The van der Waals surface area contributed by atoms with E-state index in [4.69, 9.17) is 10.5 Å². The number of ether oxygens (including phenoxy) is 1. The van der Waals surface area contributed by atoms with Crippen LogP contribution in [0.5, 0.6) is 5.75 Å². The standard InChI is InChI=1S/C21H26F2N4O3/c1-2-14-4-3-5-16(19(14)30-13-28)12-17(24)15-7-10-26(11-8-15)20(29)18-6-9-25-27(18)21(22)23/h3-6,9,13,15,17,21H,2,7-8,10-12,24H2,1H3. The number of aryl methyl sites for hydroxylation is 1. The molecule has 1 aromatic heterocycles. The zero-order valence-electron chi connectivity index (χ0n) is 16.8. The van der Waals surface area contributed by atoms with Crippen molar-refractivity contribution in [2.45, 2.75) is 45.2 Å². The zero-order chi connectivity index (χ0) is 21.7. The molecule has 2 N–H and O–H groups in total. The predicted molar refractivity (Wildman–Crippen MR) is 106 cm³/mol. The number of rotatable bonds is 8. The van der Waals surface area contributed by atoms with Gasteiger partial charge < -0.3 is 15.4 Å². The summed E-state index contributed by atoms with van der Waals surface area (Å²) in [6.45, 7) is 0.448. The molecule has 2 aromatic rings. The number of amides is 1. The first-order chi connectivity index (χ1) is 14.5. The van der Waals surface area contributed by atoms with Gasteiger partial charge in [-0.3, -0.25) is 9.59 Å². The molecule has 0 radical (unpaired) electrons. The fourth-order valence-electron chi connectivity index (χ4n) is 4.03. The molecule has 1 unspecified atom stereocenters. The molecule has 1 saturated heterocycles. The molecular formula is C21H26F2N4O3. The number of piperidine rings is 1. The highest BCUT2D eigenvalue weighted by Gasteiger charge is 2.30. The number of hydrogen-bond donors (Lipinski definition) is 1. The third-order valence-electron chi connectivity index (χ3n) is 5.69. The topological polar surface area (TPSA) is 90.5 Å². The Balaban J connectivity index is 1.62. The van der Waals surface area contributed by atoms with E-state index in [1.54, 1.807) is 4.90 Å². The average molecular weight is 420 g/mol. The molecule has 0 spiro atoms. The first kappa shape index (κ1) is 21.9. The molecule has 7 nitrogen and oxygen atoms in total. The third-order valence-corrected chi connectivity index (χ3v) is 5.69. The number of aromatic nitrogens is 2. The van der Waals surface area contributed by atoms with Gasteiger partial charge in [0.1, 0.15) is 11.4 Å². The smallest absolute Gasteiger partial charge is 0.333 e. The number of carbonyl (C=O) groups excluding carboxylic acids is 2. The Morgan fingerprint density at radius 1 is 1.30 bits per heavy atom. The molecule has 2 heterocycles. The Morgan fingerprint density at radius 3 is 2.63 bits per heavy atom. The fourth-order valence-corrected chi connectivity index (χ4v) is 4.03. The summed E-state index contributed by atoms with van der Waals surface area (Å²) in [5.41, 5.74) is 8.17. The molecule has 0 saturated carbocycles. The van der Waals surface area contributed by atoms with Crippen LogP contribution in [0.2, 0.25) is 0 Å². The lowest BCUT2D eigenvalue weighted by Gasteiger charge is -2.35. The number of para-hydroxylation sites is 1. The van der Waals surface area contributed by atoms with Crippen LogP contribution in [-0.4, -0.2) is 46.2 Å². The van der Waals surface area contributed by atoms with Crippen LogP contribution in [0.25, 0.3) is 0 Å². The average Bonchev–Trinajstić information content (AvgIpc) is 3.25. The zero-order valence-corrected chi connectivity index (χ0v) is 16.8. The van der Waals surface area contributed by atoms with Gasteiger partial charge in [0.15, 0.2) is 0 Å². The fraction of sp³-hybridized carbons (Fsp3) is 0.476. The maximum Gasteiger partial charge on any atom is 0.333 e. The van der Waals surface area contributed by atoms with Crippen LogP contribution in [0.3, 0.4) is 0 Å². The highest BCUT2D eigenvalue weighted by molar-refractivity contribution is 5.92. The monoisotopic (exact) mass is 420 g/mol. The van der Waals surface area contributed by atoms with Gasteiger partial charge in [-0.2, -0.15) is 18.6 Å². The number of benzene rings is 1. The van der Waals surface area contributed by atoms with Crippen molar-refractivity contribution in [1.29, 1.82) is 0 Å². The first-order valence-electron chi connectivity index (χ1n) is 10.0. The molecule has 30 heavy (non-hydrogen) atoms. The number of hydrogen-bond acceptors (Lipinski definition) is 5. The van der Waals surface area contributed by atoms with Crippen molar-refractivity contribution in [1.82, 2.24) is 14.7 Å². The molecule has 1 aromatic carbocycles. The van der Waals surface area contributed by atoms with Crippen LogP contribution in [-0.2, 0) is 17.6 Å². The van der Waals surface area contributed by atoms with Gasteiger partial charge in [-0.25, -0.2) is 0 Å². The predicted octanol–water partition coefficient (Wildman–Crippen LogP) is 2.80. The quantitative estimate of drug-likeness (QED) is 0.663. The summed E-state index contributed by atoms with van der Waals surface area (Å²) in [5.74, 6) is 0.291. The van der Waals surface area contributed by atoms with E-state index in [0.29, 0.717) is 49.3 Å². The summed E-state index contributed by atoms with van der Waals surface area (Å²) in [6.07, 6.45) is 3.83. The molecular weight excluding hydrogens is 394 g/mol. The van der Waals surface area contributed by atoms with E-state index >= 15 is 0 Å². The van der Waals surface area contributed by atoms with Gasteiger partial charge in [0.25, 0.3) is 12.4 Å². The van der Waals surface area contributed by atoms with Gasteiger partial charge in [0.05, 0.1) is 0 Å². The number of carbonyl (C=O) groups is 2. The molecule has 0 bridgehead atoms. The van der Waals surface area contributed by atoms with Crippen molar-refractivity contribution in [3.63, 3.8) is 0 Å². The van der Waals surface area contributed by atoms with Gasteiger partial charge >= 0.3 is 6.55 Å². The summed E-state index contributed by atoms with van der Waals surface area (Å²) >= 11 is 0.